The van der Waals surface area contributed by atoms with Crippen molar-refractivity contribution in [2.45, 2.75) is 18.6 Å². The number of benzene rings is 1. The Kier molecular flexibility index (Phi) is 7.41. The van der Waals surface area contributed by atoms with Crippen molar-refractivity contribution in [1.29, 1.82) is 0 Å². The molecule has 1 aromatic carbocycles. The van der Waals surface area contributed by atoms with E-state index < -0.39 is 46.6 Å². The third-order valence-electron chi connectivity index (χ3n) is 8.15. The third kappa shape index (κ3) is 4.37. The number of Topliss-reactive ketones (excluding diaryl/α,β-unsaturated/α-hetero) is 1. The number of piperidine rings is 2. The molecular formula is C30H30N4O7. The van der Waals surface area contributed by atoms with Gasteiger partial charge in [0, 0.05) is 32.0 Å². The van der Waals surface area contributed by atoms with Crippen molar-refractivity contribution in [3.8, 4) is 0 Å². The molecule has 41 heavy (non-hydrogen) atoms. The van der Waals surface area contributed by atoms with E-state index in [1.165, 1.54) is 26.4 Å². The fourth-order valence-corrected chi connectivity index (χ4v) is 6.59. The highest BCUT2D eigenvalue weighted by atomic mass is 16.5. The Morgan fingerprint density at radius 1 is 0.854 bits per heavy atom. The van der Waals surface area contributed by atoms with E-state index in [9.17, 15) is 24.3 Å². The molecule has 0 radical (unpaired) electrons. The standard InChI is InChI=1S/C30H30N4O7/c1-33-23(21-8-4-6-14-31-21)29(27(38)40-2)17-34(16-19-10-12-20(13-11-19)25(35)36)18-30(26(29)37,28(39)41-3)24(33)22-9-5-7-15-32-22/h4-15,23-24H,16-18H2,1-3H3,(H,35,36)/t23-,24+,29-,30+. The Labute approximate surface area is 236 Å². The summed E-state index contributed by atoms with van der Waals surface area (Å²) in [5, 5.41) is 9.31. The lowest BCUT2D eigenvalue weighted by Gasteiger charge is -2.60. The average molecular weight is 559 g/mol. The van der Waals surface area contributed by atoms with E-state index in [1.807, 2.05) is 9.80 Å². The Balaban J connectivity index is 1.75. The molecule has 11 nitrogen and oxygen atoms in total. The fraction of sp³-hybridized carbons (Fsp3) is 0.333. The van der Waals surface area contributed by atoms with Crippen LogP contribution in [0.4, 0.5) is 0 Å². The van der Waals surface area contributed by atoms with Crippen LogP contribution in [0.3, 0.4) is 0 Å². The predicted molar refractivity (Wildman–Crippen MR) is 144 cm³/mol. The fourth-order valence-electron chi connectivity index (χ4n) is 6.59. The van der Waals surface area contributed by atoms with E-state index >= 15 is 0 Å². The van der Waals surface area contributed by atoms with Crippen molar-refractivity contribution >= 4 is 23.7 Å². The van der Waals surface area contributed by atoms with E-state index in [0.717, 1.165) is 5.56 Å². The molecule has 4 heterocycles. The highest BCUT2D eigenvalue weighted by Crippen LogP contribution is 2.60. The number of aromatic carboxylic acids is 1. The summed E-state index contributed by atoms with van der Waals surface area (Å²) in [4.78, 5) is 66.8. The maximum Gasteiger partial charge on any atom is 0.335 e. The molecule has 1 N–H and O–H groups in total. The van der Waals surface area contributed by atoms with Gasteiger partial charge in [0.2, 0.25) is 0 Å². The molecule has 2 fully saturated rings. The van der Waals surface area contributed by atoms with Crippen molar-refractivity contribution in [3.05, 3.63) is 95.6 Å². The quantitative estimate of drug-likeness (QED) is 0.338. The number of hydrogen-bond donors (Lipinski definition) is 1. The molecule has 2 aliphatic heterocycles. The molecule has 2 bridgehead atoms. The van der Waals surface area contributed by atoms with Crippen molar-refractivity contribution in [1.82, 2.24) is 19.8 Å². The van der Waals surface area contributed by atoms with Crippen LogP contribution in [0.15, 0.2) is 73.1 Å². The van der Waals surface area contributed by atoms with Crippen LogP contribution >= 0.6 is 0 Å². The normalized spacial score (nSPS) is 26.3. The molecule has 0 aliphatic carbocycles. The summed E-state index contributed by atoms with van der Waals surface area (Å²) in [6.45, 7) is 0.0785. The maximum atomic E-state index is 14.9. The number of methoxy groups -OCH3 is 2. The number of hydrogen-bond acceptors (Lipinski definition) is 10. The number of carbonyl (C=O) groups excluding carboxylic acids is 3. The van der Waals surface area contributed by atoms with Gasteiger partial charge in [-0.1, -0.05) is 24.3 Å². The van der Waals surface area contributed by atoms with E-state index in [1.54, 1.807) is 68.0 Å². The summed E-state index contributed by atoms with van der Waals surface area (Å²) in [6.07, 6.45) is 3.17. The van der Waals surface area contributed by atoms with E-state index in [0.29, 0.717) is 11.4 Å². The minimum atomic E-state index is -1.85. The number of likely N-dealkylation sites (tertiary alicyclic amines) is 2. The molecule has 4 atom stereocenters. The van der Waals surface area contributed by atoms with Crippen LogP contribution in [-0.2, 0) is 30.4 Å². The lowest BCUT2D eigenvalue weighted by molar-refractivity contribution is -0.204. The molecule has 3 aromatic rings. The van der Waals surface area contributed by atoms with Crippen LogP contribution < -0.4 is 0 Å². The number of ether oxygens (including phenoxy) is 2. The molecule has 5 rings (SSSR count). The highest BCUT2D eigenvalue weighted by molar-refractivity contribution is 6.17. The van der Waals surface area contributed by atoms with Gasteiger partial charge in [-0.2, -0.15) is 0 Å². The number of pyridine rings is 2. The number of carbonyl (C=O) groups is 4. The van der Waals surface area contributed by atoms with Gasteiger partial charge in [-0.3, -0.25) is 34.2 Å². The third-order valence-corrected chi connectivity index (χ3v) is 8.15. The van der Waals surface area contributed by atoms with Gasteiger partial charge in [-0.05, 0) is 49.0 Å². The summed E-state index contributed by atoms with van der Waals surface area (Å²) in [5.41, 5.74) is -1.92. The van der Waals surface area contributed by atoms with Crippen molar-refractivity contribution < 1.29 is 33.8 Å². The highest BCUT2D eigenvalue weighted by Gasteiger charge is 2.75. The molecule has 0 saturated carbocycles. The smallest absolute Gasteiger partial charge is 0.335 e. The van der Waals surface area contributed by atoms with E-state index in [-0.39, 0.29) is 25.2 Å². The number of carboxylic acid groups (broad SMARTS) is 1. The number of carboxylic acids is 1. The lowest BCUT2D eigenvalue weighted by Crippen LogP contribution is -2.75. The van der Waals surface area contributed by atoms with Gasteiger partial charge in [0.25, 0.3) is 0 Å². The van der Waals surface area contributed by atoms with Crippen molar-refractivity contribution in [2.24, 2.45) is 10.8 Å². The average Bonchev–Trinajstić information content (AvgIpc) is 2.99. The van der Waals surface area contributed by atoms with E-state index in [2.05, 4.69) is 9.97 Å². The first-order valence-corrected chi connectivity index (χ1v) is 13.0. The predicted octanol–water partition coefficient (Wildman–Crippen LogP) is 2.31. The Morgan fingerprint density at radius 2 is 1.34 bits per heavy atom. The number of aromatic nitrogens is 2. The van der Waals surface area contributed by atoms with Crippen LogP contribution in [0.25, 0.3) is 0 Å². The van der Waals surface area contributed by atoms with Crippen LogP contribution in [0.2, 0.25) is 0 Å². The molecule has 0 spiro atoms. The van der Waals surface area contributed by atoms with Gasteiger partial charge in [0.15, 0.2) is 16.6 Å². The van der Waals surface area contributed by atoms with Gasteiger partial charge in [-0.15, -0.1) is 0 Å². The minimum absolute atomic E-state index is 0.0710. The second kappa shape index (κ2) is 10.8. The zero-order valence-corrected chi connectivity index (χ0v) is 22.9. The first-order valence-electron chi connectivity index (χ1n) is 13.0. The molecule has 2 saturated heterocycles. The number of esters is 2. The molecular weight excluding hydrogens is 528 g/mol. The number of rotatable bonds is 7. The lowest BCUT2D eigenvalue weighted by atomic mass is 9.54. The zero-order chi connectivity index (χ0) is 29.4. The van der Waals surface area contributed by atoms with Crippen molar-refractivity contribution in [2.75, 3.05) is 34.4 Å². The number of nitrogens with zero attached hydrogens (tertiary/aromatic N) is 4. The summed E-state index contributed by atoms with van der Waals surface area (Å²) in [6, 6.07) is 15.0. The zero-order valence-electron chi connectivity index (χ0n) is 22.9. The van der Waals surface area contributed by atoms with Crippen LogP contribution in [-0.4, -0.2) is 82.9 Å². The first-order chi connectivity index (χ1) is 19.7. The number of fused-ring (bicyclic) bond motifs is 2. The Morgan fingerprint density at radius 3 is 1.73 bits per heavy atom. The van der Waals surface area contributed by atoms with Crippen LogP contribution in [0.5, 0.6) is 0 Å². The summed E-state index contributed by atoms with van der Waals surface area (Å²) in [7, 11) is 4.18. The maximum absolute atomic E-state index is 14.9. The summed E-state index contributed by atoms with van der Waals surface area (Å²) >= 11 is 0. The molecule has 2 aromatic heterocycles. The van der Waals surface area contributed by atoms with Crippen LogP contribution in [0.1, 0.15) is 39.4 Å². The minimum Gasteiger partial charge on any atom is -0.478 e. The summed E-state index contributed by atoms with van der Waals surface area (Å²) in [5.74, 6) is -3.23. The monoisotopic (exact) mass is 558 g/mol. The topological polar surface area (TPSA) is 139 Å². The molecule has 0 unspecified atom stereocenters. The SMILES string of the molecule is COC(=O)[C@]12CN(Cc3ccc(C(=O)O)cc3)C[C@](C(=O)OC)(C1=O)[C@@H](c1ccccn1)N(C)[C@H]2c1ccccn1. The largest absolute Gasteiger partial charge is 0.478 e. The van der Waals surface area contributed by atoms with Crippen molar-refractivity contribution in [3.63, 3.8) is 0 Å². The number of ketones is 1. The van der Waals surface area contributed by atoms with Gasteiger partial charge < -0.3 is 14.6 Å². The Bertz CT molecular complexity index is 1390. The second-order valence-electron chi connectivity index (χ2n) is 10.4. The molecule has 2 aliphatic rings. The van der Waals surface area contributed by atoms with Gasteiger partial charge in [0.05, 0.1) is 43.3 Å². The second-order valence-corrected chi connectivity index (χ2v) is 10.4. The van der Waals surface area contributed by atoms with Gasteiger partial charge >= 0.3 is 17.9 Å². The first kappa shape index (κ1) is 28.1. The van der Waals surface area contributed by atoms with Gasteiger partial charge in [0.1, 0.15) is 0 Å². The molecule has 0 amide bonds. The summed E-state index contributed by atoms with van der Waals surface area (Å²) < 4.78 is 10.6. The molecule has 11 heteroatoms. The molecule has 212 valence electrons. The van der Waals surface area contributed by atoms with E-state index in [4.69, 9.17) is 9.47 Å². The Hall–Kier alpha value is -4.48. The van der Waals surface area contributed by atoms with Gasteiger partial charge in [-0.25, -0.2) is 4.79 Å². The van der Waals surface area contributed by atoms with Crippen LogP contribution in [0, 0.1) is 10.8 Å².